The molecule has 0 radical (unpaired) electrons. The molecular weight excluding hydrogens is 525 g/mol. The predicted octanol–water partition coefficient (Wildman–Crippen LogP) is 4.19. The summed E-state index contributed by atoms with van der Waals surface area (Å²) in [6.07, 6.45) is 0.0552. The van der Waals surface area contributed by atoms with E-state index in [9.17, 15) is 14.0 Å². The van der Waals surface area contributed by atoms with Crippen LogP contribution in [0.5, 0.6) is 5.75 Å². The fourth-order valence-corrected chi connectivity index (χ4v) is 5.07. The van der Waals surface area contributed by atoms with Crippen molar-refractivity contribution in [2.45, 2.75) is 12.0 Å². The van der Waals surface area contributed by atoms with Crippen LogP contribution >= 0.6 is 11.6 Å². The molecule has 2 amide bonds. The van der Waals surface area contributed by atoms with Crippen LogP contribution in [-0.2, 0) is 9.53 Å². The van der Waals surface area contributed by atoms with E-state index >= 15 is 0 Å². The Labute approximate surface area is 231 Å². The maximum Gasteiger partial charge on any atom is 0.289 e. The van der Waals surface area contributed by atoms with E-state index in [1.54, 1.807) is 59.5 Å². The zero-order valence-corrected chi connectivity index (χ0v) is 22.5. The fraction of sp³-hybridized carbons (Fsp3) is 0.379. The van der Waals surface area contributed by atoms with Gasteiger partial charge in [0, 0.05) is 37.7 Å². The maximum absolute atomic E-state index is 14.3. The van der Waals surface area contributed by atoms with Gasteiger partial charge < -0.3 is 28.6 Å². The summed E-state index contributed by atoms with van der Waals surface area (Å²) >= 11 is 6.12. The third-order valence-electron chi connectivity index (χ3n) is 7.12. The van der Waals surface area contributed by atoms with Crippen LogP contribution in [0.25, 0.3) is 11.3 Å². The van der Waals surface area contributed by atoms with Gasteiger partial charge >= 0.3 is 0 Å². The van der Waals surface area contributed by atoms with Crippen LogP contribution in [0, 0.1) is 5.82 Å². The molecule has 8 nitrogen and oxygen atoms in total. The zero-order valence-electron chi connectivity index (χ0n) is 21.8. The molecule has 0 N–H and O–H groups in total. The Morgan fingerprint density at radius 1 is 1.00 bits per heavy atom. The normalized spacial score (nSPS) is 20.2. The van der Waals surface area contributed by atoms with Crippen LogP contribution < -0.4 is 4.74 Å². The third-order valence-corrected chi connectivity index (χ3v) is 7.35. The molecule has 2 aliphatic heterocycles. The van der Waals surface area contributed by atoms with Crippen LogP contribution in [0.4, 0.5) is 4.39 Å². The van der Waals surface area contributed by atoms with Crippen molar-refractivity contribution in [2.75, 3.05) is 59.5 Å². The minimum atomic E-state index is -1.07. The molecular formula is C29H31ClFN3O5. The largest absolute Gasteiger partial charge is 0.490 e. The number of halogens is 2. The first-order valence-electron chi connectivity index (χ1n) is 12.9. The van der Waals surface area contributed by atoms with Crippen molar-refractivity contribution in [3.63, 3.8) is 0 Å². The molecule has 39 heavy (non-hydrogen) atoms. The Kier molecular flexibility index (Phi) is 8.20. The van der Waals surface area contributed by atoms with E-state index in [2.05, 4.69) is 4.90 Å². The van der Waals surface area contributed by atoms with Gasteiger partial charge in [-0.2, -0.15) is 0 Å². The molecule has 5 rings (SSSR count). The van der Waals surface area contributed by atoms with Crippen molar-refractivity contribution in [1.82, 2.24) is 14.7 Å². The molecule has 2 aliphatic rings. The van der Waals surface area contributed by atoms with Crippen molar-refractivity contribution < 1.29 is 27.9 Å². The molecule has 10 heteroatoms. The van der Waals surface area contributed by atoms with Crippen molar-refractivity contribution in [3.8, 4) is 17.1 Å². The summed E-state index contributed by atoms with van der Waals surface area (Å²) < 4.78 is 32.3. The maximum atomic E-state index is 14.3. The van der Waals surface area contributed by atoms with E-state index in [1.807, 2.05) is 11.9 Å². The third kappa shape index (κ3) is 6.43. The summed E-state index contributed by atoms with van der Waals surface area (Å²) in [7, 11) is 2.03. The fourth-order valence-electron chi connectivity index (χ4n) is 4.89. The SMILES string of the molecule is CN1CCN(C(=O)C[C@@]2(COc3cccc(Cl)c3)CN(C(=O)c3ccc(-c4ccccc4F)o3)CCO2)CC1. The van der Waals surface area contributed by atoms with Gasteiger partial charge in [-0.1, -0.05) is 29.8 Å². The minimum Gasteiger partial charge on any atom is -0.490 e. The topological polar surface area (TPSA) is 75.5 Å². The Morgan fingerprint density at radius 2 is 1.79 bits per heavy atom. The quantitative estimate of drug-likeness (QED) is 0.435. The standard InChI is InChI=1S/C29H31ClFN3O5/c1-32-11-13-33(14-12-32)27(35)18-29(20-37-22-6-4-5-21(30)17-22)19-34(15-16-38-29)28(36)26-10-9-25(39-26)23-7-2-3-8-24(23)31/h2-10,17H,11-16,18-20H2,1H3/t29-/m0/s1. The molecule has 0 saturated carbocycles. The van der Waals surface area contributed by atoms with Gasteiger partial charge in [0.25, 0.3) is 5.91 Å². The highest BCUT2D eigenvalue weighted by atomic mass is 35.5. The molecule has 0 bridgehead atoms. The summed E-state index contributed by atoms with van der Waals surface area (Å²) in [5, 5.41) is 0.528. The smallest absolute Gasteiger partial charge is 0.289 e. The average Bonchev–Trinajstić information content (AvgIpc) is 3.42. The minimum absolute atomic E-state index is 0.0491. The number of ether oxygens (including phenoxy) is 2. The summed E-state index contributed by atoms with van der Waals surface area (Å²) in [6.45, 7) is 3.58. The highest BCUT2D eigenvalue weighted by Gasteiger charge is 2.43. The first kappa shape index (κ1) is 27.2. The average molecular weight is 556 g/mol. The van der Waals surface area contributed by atoms with Crippen LogP contribution in [0.1, 0.15) is 17.0 Å². The Hall–Kier alpha value is -3.40. The molecule has 0 unspecified atom stereocenters. The molecule has 0 aliphatic carbocycles. The molecule has 1 aromatic heterocycles. The van der Waals surface area contributed by atoms with Gasteiger partial charge in [-0.05, 0) is 49.5 Å². The number of morpholine rings is 1. The van der Waals surface area contributed by atoms with Crippen molar-refractivity contribution in [1.29, 1.82) is 0 Å². The Bertz CT molecular complexity index is 1330. The van der Waals surface area contributed by atoms with Gasteiger partial charge in [-0.15, -0.1) is 0 Å². The summed E-state index contributed by atoms with van der Waals surface area (Å²) in [5.74, 6) is 0.0565. The summed E-state index contributed by atoms with van der Waals surface area (Å²) in [5.41, 5.74) is -0.793. The number of carbonyl (C=O) groups excluding carboxylic acids is 2. The van der Waals surface area contributed by atoms with Crippen molar-refractivity contribution >= 4 is 23.4 Å². The second kappa shape index (κ2) is 11.8. The molecule has 1 atom stereocenters. The highest BCUT2D eigenvalue weighted by molar-refractivity contribution is 6.30. The monoisotopic (exact) mass is 555 g/mol. The van der Waals surface area contributed by atoms with E-state index in [-0.39, 0.29) is 55.1 Å². The molecule has 2 aromatic carbocycles. The van der Waals surface area contributed by atoms with Gasteiger partial charge in [-0.3, -0.25) is 9.59 Å². The number of carbonyl (C=O) groups is 2. The van der Waals surface area contributed by atoms with Crippen LogP contribution in [0.3, 0.4) is 0 Å². The van der Waals surface area contributed by atoms with E-state index in [1.165, 1.54) is 6.07 Å². The number of amides is 2. The lowest BCUT2D eigenvalue weighted by molar-refractivity contribution is -0.154. The molecule has 2 saturated heterocycles. The van der Waals surface area contributed by atoms with Crippen molar-refractivity contribution in [2.24, 2.45) is 0 Å². The molecule has 2 fully saturated rings. The number of nitrogens with zero attached hydrogens (tertiary/aromatic N) is 3. The number of hydrogen-bond acceptors (Lipinski definition) is 6. The summed E-state index contributed by atoms with van der Waals surface area (Å²) in [4.78, 5) is 32.5. The van der Waals surface area contributed by atoms with Gasteiger partial charge in [-0.25, -0.2) is 4.39 Å². The van der Waals surface area contributed by atoms with Gasteiger partial charge in [0.2, 0.25) is 5.91 Å². The Balaban J connectivity index is 1.35. The lowest BCUT2D eigenvalue weighted by Crippen LogP contribution is -2.59. The van der Waals surface area contributed by atoms with Crippen LogP contribution in [0.15, 0.2) is 65.1 Å². The predicted molar refractivity (Wildman–Crippen MR) is 144 cm³/mol. The molecule has 0 spiro atoms. The first-order chi connectivity index (χ1) is 18.8. The second-order valence-electron chi connectivity index (χ2n) is 10.0. The number of furan rings is 1. The van der Waals surface area contributed by atoms with Gasteiger partial charge in [0.05, 0.1) is 25.1 Å². The number of benzene rings is 2. The number of rotatable bonds is 7. The van der Waals surface area contributed by atoms with Gasteiger partial charge in [0.15, 0.2) is 5.76 Å². The van der Waals surface area contributed by atoms with E-state index in [0.717, 1.165) is 13.1 Å². The molecule has 3 heterocycles. The van der Waals surface area contributed by atoms with E-state index in [0.29, 0.717) is 30.4 Å². The lowest BCUT2D eigenvalue weighted by atomic mass is 9.96. The Morgan fingerprint density at radius 3 is 2.56 bits per heavy atom. The zero-order chi connectivity index (χ0) is 27.4. The van der Waals surface area contributed by atoms with Crippen molar-refractivity contribution in [3.05, 3.63) is 77.3 Å². The number of likely N-dealkylation sites (N-methyl/N-ethyl adjacent to an activating group) is 1. The second-order valence-corrected chi connectivity index (χ2v) is 10.4. The molecule has 206 valence electrons. The van der Waals surface area contributed by atoms with Crippen LogP contribution in [-0.4, -0.2) is 91.6 Å². The number of piperazine rings is 1. The first-order valence-corrected chi connectivity index (χ1v) is 13.3. The summed E-state index contributed by atoms with van der Waals surface area (Å²) in [6, 6.07) is 16.4. The van der Waals surface area contributed by atoms with Gasteiger partial charge in [0.1, 0.15) is 29.5 Å². The molecule has 3 aromatic rings. The lowest BCUT2D eigenvalue weighted by Gasteiger charge is -2.43. The highest BCUT2D eigenvalue weighted by Crippen LogP contribution is 2.29. The van der Waals surface area contributed by atoms with E-state index < -0.39 is 11.4 Å². The number of hydrogen-bond donors (Lipinski definition) is 0. The van der Waals surface area contributed by atoms with Crippen LogP contribution in [0.2, 0.25) is 5.02 Å². The van der Waals surface area contributed by atoms with E-state index in [4.69, 9.17) is 25.5 Å².